The van der Waals surface area contributed by atoms with Crippen molar-refractivity contribution in [3.05, 3.63) is 63.9 Å². The van der Waals surface area contributed by atoms with Crippen LogP contribution in [0.25, 0.3) is 0 Å². The molecule has 0 saturated carbocycles. The lowest BCUT2D eigenvalue weighted by molar-refractivity contribution is 0.102. The van der Waals surface area contributed by atoms with Crippen LogP contribution < -0.4 is 5.32 Å². The fourth-order valence-corrected chi connectivity index (χ4v) is 2.34. The first-order chi connectivity index (χ1) is 10.2. The van der Waals surface area contributed by atoms with Crippen molar-refractivity contribution in [2.75, 3.05) is 5.32 Å². The summed E-state index contributed by atoms with van der Waals surface area (Å²) in [5.74, 6) is -0.238. The van der Waals surface area contributed by atoms with Gasteiger partial charge < -0.3 is 4.42 Å². The largest absolute Gasteiger partial charge is 0.407 e. The first kappa shape index (κ1) is 13.4. The number of hydrogen-bond donors (Lipinski definition) is 1. The van der Waals surface area contributed by atoms with Gasteiger partial charge in [-0.2, -0.15) is 0 Å². The molecule has 2 heterocycles. The van der Waals surface area contributed by atoms with E-state index < -0.39 is 0 Å². The van der Waals surface area contributed by atoms with Crippen molar-refractivity contribution in [1.82, 2.24) is 10.2 Å². The van der Waals surface area contributed by atoms with Gasteiger partial charge in [0.05, 0.1) is 11.3 Å². The van der Waals surface area contributed by atoms with E-state index in [1.807, 2.05) is 5.38 Å². The highest BCUT2D eigenvalue weighted by Gasteiger charge is 2.12. The molecule has 0 fully saturated rings. The number of halogens is 1. The van der Waals surface area contributed by atoms with Gasteiger partial charge in [0.2, 0.25) is 5.89 Å². The summed E-state index contributed by atoms with van der Waals surface area (Å²) < 4.78 is 18.2. The molecule has 3 aromatic rings. The summed E-state index contributed by atoms with van der Waals surface area (Å²) in [6, 6.07) is 9.55. The first-order valence-corrected chi connectivity index (χ1v) is 7.00. The van der Waals surface area contributed by atoms with Crippen LogP contribution in [0.1, 0.15) is 21.1 Å². The number of nitrogens with one attached hydrogen (secondary N) is 1. The molecule has 0 aliphatic carbocycles. The Bertz CT molecular complexity index is 738. The molecule has 21 heavy (non-hydrogen) atoms. The summed E-state index contributed by atoms with van der Waals surface area (Å²) in [6.45, 7) is 0. The SMILES string of the molecule is O=C(Nc1nnc(Cc2ccc(F)cc2)o1)c1cccs1. The number of anilines is 1. The van der Waals surface area contributed by atoms with Gasteiger partial charge in [-0.05, 0) is 29.1 Å². The average molecular weight is 303 g/mol. The normalized spacial score (nSPS) is 10.5. The summed E-state index contributed by atoms with van der Waals surface area (Å²) in [6.07, 6.45) is 0.377. The molecule has 2 aromatic heterocycles. The van der Waals surface area contributed by atoms with Gasteiger partial charge in [0, 0.05) is 0 Å². The molecular formula is C14H10FN3O2S. The zero-order valence-electron chi connectivity index (χ0n) is 10.7. The minimum atomic E-state index is -0.298. The van der Waals surface area contributed by atoms with E-state index in [1.54, 1.807) is 24.3 Å². The summed E-state index contributed by atoms with van der Waals surface area (Å²) >= 11 is 1.32. The lowest BCUT2D eigenvalue weighted by Gasteiger charge is -1.97. The second-order valence-corrected chi connectivity index (χ2v) is 5.18. The fourth-order valence-electron chi connectivity index (χ4n) is 1.72. The highest BCUT2D eigenvalue weighted by atomic mass is 32.1. The Labute approximate surface area is 123 Å². The molecule has 0 saturated heterocycles. The van der Waals surface area contributed by atoms with Crippen molar-refractivity contribution >= 4 is 23.3 Å². The quantitative estimate of drug-likeness (QED) is 0.804. The van der Waals surface area contributed by atoms with Crippen LogP contribution in [0.3, 0.4) is 0 Å². The molecule has 0 radical (unpaired) electrons. The number of aromatic nitrogens is 2. The minimum absolute atomic E-state index is 0.0468. The average Bonchev–Trinajstić information content (AvgIpc) is 3.13. The van der Waals surface area contributed by atoms with Crippen molar-refractivity contribution in [3.8, 4) is 0 Å². The summed E-state index contributed by atoms with van der Waals surface area (Å²) in [4.78, 5) is 12.4. The maximum absolute atomic E-state index is 12.8. The molecule has 1 N–H and O–H groups in total. The second kappa shape index (κ2) is 5.84. The van der Waals surface area contributed by atoms with Crippen molar-refractivity contribution in [2.24, 2.45) is 0 Å². The molecular weight excluding hydrogens is 293 g/mol. The van der Waals surface area contributed by atoms with Crippen LogP contribution in [0.2, 0.25) is 0 Å². The Kier molecular flexibility index (Phi) is 3.74. The molecule has 0 unspecified atom stereocenters. The maximum Gasteiger partial charge on any atom is 0.322 e. The van der Waals surface area contributed by atoms with Gasteiger partial charge >= 0.3 is 6.01 Å². The third-order valence-corrected chi connectivity index (χ3v) is 3.57. The van der Waals surface area contributed by atoms with Gasteiger partial charge in [-0.15, -0.1) is 16.4 Å². The van der Waals surface area contributed by atoms with Crippen LogP contribution in [0.15, 0.2) is 46.2 Å². The van der Waals surface area contributed by atoms with Gasteiger partial charge in [0.25, 0.3) is 5.91 Å². The zero-order chi connectivity index (χ0) is 14.7. The van der Waals surface area contributed by atoms with Crippen molar-refractivity contribution < 1.29 is 13.6 Å². The van der Waals surface area contributed by atoms with Crippen LogP contribution in [0.5, 0.6) is 0 Å². The van der Waals surface area contributed by atoms with Crippen molar-refractivity contribution in [2.45, 2.75) is 6.42 Å². The second-order valence-electron chi connectivity index (χ2n) is 4.24. The van der Waals surface area contributed by atoms with Crippen LogP contribution in [0, 0.1) is 5.82 Å². The van der Waals surface area contributed by atoms with E-state index in [2.05, 4.69) is 15.5 Å². The van der Waals surface area contributed by atoms with Crippen LogP contribution in [-0.4, -0.2) is 16.1 Å². The fraction of sp³-hybridized carbons (Fsp3) is 0.0714. The molecule has 0 aliphatic heterocycles. The van der Waals surface area contributed by atoms with E-state index in [1.165, 1.54) is 23.5 Å². The minimum Gasteiger partial charge on any atom is -0.407 e. The Hall–Kier alpha value is -2.54. The Morgan fingerprint density at radius 3 is 2.76 bits per heavy atom. The molecule has 0 bridgehead atoms. The van der Waals surface area contributed by atoms with Gasteiger partial charge in [-0.3, -0.25) is 10.1 Å². The molecule has 0 spiro atoms. The summed E-state index contributed by atoms with van der Waals surface area (Å²) in [5, 5.41) is 11.9. The number of hydrogen-bond acceptors (Lipinski definition) is 5. The predicted molar refractivity (Wildman–Crippen MR) is 75.8 cm³/mol. The van der Waals surface area contributed by atoms with Crippen molar-refractivity contribution in [3.63, 3.8) is 0 Å². The van der Waals surface area contributed by atoms with E-state index in [0.29, 0.717) is 17.2 Å². The van der Waals surface area contributed by atoms with Gasteiger partial charge in [-0.1, -0.05) is 23.3 Å². The van der Waals surface area contributed by atoms with Crippen LogP contribution in [0.4, 0.5) is 10.4 Å². The molecule has 5 nitrogen and oxygen atoms in total. The van der Waals surface area contributed by atoms with E-state index in [-0.39, 0.29) is 17.7 Å². The number of nitrogens with zero attached hydrogens (tertiary/aromatic N) is 2. The number of benzene rings is 1. The van der Waals surface area contributed by atoms with E-state index in [0.717, 1.165) is 5.56 Å². The lowest BCUT2D eigenvalue weighted by Crippen LogP contribution is -2.10. The molecule has 106 valence electrons. The third kappa shape index (κ3) is 3.32. The topological polar surface area (TPSA) is 68.0 Å². The summed E-state index contributed by atoms with van der Waals surface area (Å²) in [5.41, 5.74) is 0.844. The maximum atomic E-state index is 12.8. The molecule has 0 atom stereocenters. The number of rotatable bonds is 4. The van der Waals surface area contributed by atoms with Crippen molar-refractivity contribution in [1.29, 1.82) is 0 Å². The van der Waals surface area contributed by atoms with E-state index in [9.17, 15) is 9.18 Å². The summed E-state index contributed by atoms with van der Waals surface area (Å²) in [7, 11) is 0. The smallest absolute Gasteiger partial charge is 0.322 e. The molecule has 1 amide bonds. The predicted octanol–water partition coefficient (Wildman–Crippen LogP) is 3.11. The number of carbonyl (C=O) groups excluding carboxylic acids is 1. The molecule has 1 aromatic carbocycles. The Morgan fingerprint density at radius 2 is 2.05 bits per heavy atom. The van der Waals surface area contributed by atoms with Gasteiger partial charge in [-0.25, -0.2) is 4.39 Å². The van der Waals surface area contributed by atoms with Crippen LogP contribution >= 0.6 is 11.3 Å². The number of amides is 1. The lowest BCUT2D eigenvalue weighted by atomic mass is 10.1. The molecule has 0 aliphatic rings. The van der Waals surface area contributed by atoms with Gasteiger partial charge in [0.1, 0.15) is 5.82 Å². The van der Waals surface area contributed by atoms with Gasteiger partial charge in [0.15, 0.2) is 0 Å². The number of thiophene rings is 1. The Balaban J connectivity index is 1.66. The van der Waals surface area contributed by atoms with E-state index >= 15 is 0 Å². The van der Waals surface area contributed by atoms with E-state index in [4.69, 9.17) is 4.42 Å². The highest BCUT2D eigenvalue weighted by molar-refractivity contribution is 7.12. The Morgan fingerprint density at radius 1 is 1.24 bits per heavy atom. The third-order valence-electron chi connectivity index (χ3n) is 2.70. The standard InChI is InChI=1S/C14H10FN3O2S/c15-10-5-3-9(4-6-10)8-12-17-18-14(20-12)16-13(19)11-2-1-7-21-11/h1-7H,8H2,(H,16,18,19). The zero-order valence-corrected chi connectivity index (χ0v) is 11.6. The first-order valence-electron chi connectivity index (χ1n) is 6.12. The molecule has 3 rings (SSSR count). The van der Waals surface area contributed by atoms with Crippen LogP contribution in [-0.2, 0) is 6.42 Å². The number of carbonyl (C=O) groups is 1. The molecule has 7 heteroatoms. The monoisotopic (exact) mass is 303 g/mol. The highest BCUT2D eigenvalue weighted by Crippen LogP contribution is 2.14.